The van der Waals surface area contributed by atoms with Crippen LogP contribution in [-0.2, 0) is 12.8 Å². The molecule has 5 heteroatoms. The molecule has 0 spiro atoms. The molecule has 20 heavy (non-hydrogen) atoms. The van der Waals surface area contributed by atoms with Crippen LogP contribution < -0.4 is 5.73 Å². The van der Waals surface area contributed by atoms with Crippen molar-refractivity contribution < 1.29 is 0 Å². The van der Waals surface area contributed by atoms with Crippen molar-refractivity contribution in [2.45, 2.75) is 26.7 Å². The maximum absolute atomic E-state index is 6.02. The predicted molar refractivity (Wildman–Crippen MR) is 94.7 cm³/mol. The Kier molecular flexibility index (Phi) is 5.37. The van der Waals surface area contributed by atoms with Crippen LogP contribution in [0.2, 0.25) is 0 Å². The second-order valence-electron chi connectivity index (χ2n) is 5.15. The number of halogens is 2. The number of aromatic nitrogens is 2. The largest absolute Gasteiger partial charge is 0.383 e. The third-order valence-corrected chi connectivity index (χ3v) is 4.85. The molecule has 2 aromatic rings. The third-order valence-electron chi connectivity index (χ3n) is 2.90. The highest BCUT2D eigenvalue weighted by molar-refractivity contribution is 14.1. The van der Waals surface area contributed by atoms with Gasteiger partial charge in [-0.05, 0) is 46.6 Å². The zero-order valence-electron chi connectivity index (χ0n) is 11.5. The molecule has 0 aliphatic heterocycles. The molecule has 0 fully saturated rings. The number of nitrogens with zero attached hydrogens (tertiary/aromatic N) is 2. The van der Waals surface area contributed by atoms with Crippen LogP contribution >= 0.6 is 38.5 Å². The van der Waals surface area contributed by atoms with Gasteiger partial charge in [0.15, 0.2) is 0 Å². The maximum atomic E-state index is 6.02. The Morgan fingerprint density at radius 3 is 2.60 bits per heavy atom. The summed E-state index contributed by atoms with van der Waals surface area (Å²) in [5.41, 5.74) is 8.24. The van der Waals surface area contributed by atoms with Crippen molar-refractivity contribution in [3.8, 4) is 0 Å². The van der Waals surface area contributed by atoms with Gasteiger partial charge in [-0.3, -0.25) is 0 Å². The van der Waals surface area contributed by atoms with Gasteiger partial charge in [-0.2, -0.15) is 0 Å². The minimum absolute atomic E-state index is 0.550. The van der Waals surface area contributed by atoms with E-state index >= 15 is 0 Å². The van der Waals surface area contributed by atoms with Crippen LogP contribution in [0.5, 0.6) is 0 Å². The molecule has 1 aromatic carbocycles. The fraction of sp³-hybridized carbons (Fsp3) is 0.333. The van der Waals surface area contributed by atoms with Crippen LogP contribution in [0.15, 0.2) is 28.7 Å². The summed E-state index contributed by atoms with van der Waals surface area (Å²) in [5.74, 6) is 1.91. The highest BCUT2D eigenvalue weighted by Crippen LogP contribution is 2.22. The first-order valence-electron chi connectivity index (χ1n) is 6.51. The maximum Gasteiger partial charge on any atom is 0.140 e. The smallest absolute Gasteiger partial charge is 0.140 e. The predicted octanol–water partition coefficient (Wildman–Crippen LogP) is 4.22. The highest BCUT2D eigenvalue weighted by atomic mass is 127. The van der Waals surface area contributed by atoms with Crippen LogP contribution in [0, 0.1) is 9.49 Å². The molecule has 2 rings (SSSR count). The van der Waals surface area contributed by atoms with Gasteiger partial charge in [0.25, 0.3) is 0 Å². The van der Waals surface area contributed by atoms with Crippen LogP contribution in [0.25, 0.3) is 0 Å². The molecule has 0 radical (unpaired) electrons. The first-order chi connectivity index (χ1) is 9.47. The van der Waals surface area contributed by atoms with Gasteiger partial charge in [-0.1, -0.05) is 48.0 Å². The molecule has 0 amide bonds. The molecule has 0 bridgehead atoms. The number of benzene rings is 1. The van der Waals surface area contributed by atoms with Crippen molar-refractivity contribution >= 4 is 44.3 Å². The fourth-order valence-electron chi connectivity index (χ4n) is 1.98. The lowest BCUT2D eigenvalue weighted by Gasteiger charge is -2.11. The van der Waals surface area contributed by atoms with Crippen molar-refractivity contribution in [3.05, 3.63) is 49.4 Å². The van der Waals surface area contributed by atoms with E-state index < -0.39 is 0 Å². The summed E-state index contributed by atoms with van der Waals surface area (Å²) in [4.78, 5) is 9.11. The van der Waals surface area contributed by atoms with Gasteiger partial charge in [-0.25, -0.2) is 9.97 Å². The summed E-state index contributed by atoms with van der Waals surface area (Å²) in [5, 5.41) is 0. The molecular weight excluding hydrogens is 429 g/mol. The topological polar surface area (TPSA) is 51.8 Å². The highest BCUT2D eigenvalue weighted by Gasteiger charge is 2.12. The molecule has 0 saturated heterocycles. The summed E-state index contributed by atoms with van der Waals surface area (Å²) in [6.07, 6.45) is 1.61. The molecule has 106 valence electrons. The van der Waals surface area contributed by atoms with Gasteiger partial charge in [0.2, 0.25) is 0 Å². The minimum atomic E-state index is 0.550. The first-order valence-corrected chi connectivity index (χ1v) is 8.38. The fourth-order valence-corrected chi connectivity index (χ4v) is 2.87. The third kappa shape index (κ3) is 3.91. The number of hydrogen-bond donors (Lipinski definition) is 1. The molecule has 0 saturated carbocycles. The van der Waals surface area contributed by atoms with E-state index in [2.05, 4.69) is 63.4 Å². The van der Waals surface area contributed by atoms with Gasteiger partial charge in [-0.15, -0.1) is 0 Å². The van der Waals surface area contributed by atoms with Gasteiger partial charge in [0, 0.05) is 10.9 Å². The quantitative estimate of drug-likeness (QED) is 0.717. The molecule has 1 aromatic heterocycles. The Morgan fingerprint density at radius 1 is 1.25 bits per heavy atom. The van der Waals surface area contributed by atoms with Crippen LogP contribution in [0.1, 0.15) is 30.9 Å². The Morgan fingerprint density at radius 2 is 1.95 bits per heavy atom. The zero-order chi connectivity index (χ0) is 14.7. The van der Waals surface area contributed by atoms with E-state index in [1.54, 1.807) is 0 Å². The lowest BCUT2D eigenvalue weighted by atomic mass is 10.1. The summed E-state index contributed by atoms with van der Waals surface area (Å²) in [7, 11) is 0. The van der Waals surface area contributed by atoms with Crippen LogP contribution in [0.4, 0.5) is 5.82 Å². The van der Waals surface area contributed by atoms with Gasteiger partial charge < -0.3 is 5.73 Å². The number of anilines is 1. The molecule has 1 heterocycles. The average molecular weight is 446 g/mol. The first kappa shape index (κ1) is 15.7. The van der Waals surface area contributed by atoms with E-state index in [0.717, 1.165) is 26.0 Å². The van der Waals surface area contributed by atoms with Crippen molar-refractivity contribution in [3.63, 3.8) is 0 Å². The normalized spacial score (nSPS) is 11.1. The molecule has 3 nitrogen and oxygen atoms in total. The average Bonchev–Trinajstić information content (AvgIpc) is 2.37. The number of rotatable bonds is 4. The van der Waals surface area contributed by atoms with E-state index in [-0.39, 0.29) is 0 Å². The lowest BCUT2D eigenvalue weighted by Crippen LogP contribution is -2.10. The molecule has 0 atom stereocenters. The second kappa shape index (κ2) is 6.85. The van der Waals surface area contributed by atoms with E-state index in [4.69, 9.17) is 10.7 Å². The number of nitrogen functional groups attached to an aromatic ring is 1. The molecule has 0 unspecified atom stereocenters. The van der Waals surface area contributed by atoms with Gasteiger partial charge >= 0.3 is 0 Å². The van der Waals surface area contributed by atoms with E-state index in [0.29, 0.717) is 18.2 Å². The Balaban J connectivity index is 2.33. The summed E-state index contributed by atoms with van der Waals surface area (Å²) >= 11 is 5.79. The van der Waals surface area contributed by atoms with Gasteiger partial charge in [0.05, 0.1) is 9.26 Å². The lowest BCUT2D eigenvalue weighted by molar-refractivity contribution is 0.629. The standard InChI is InChI=1S/C15H17BrIN3/c1-9(2)7-12-14(17)15(18)20-13(19-12)8-10-5-3-4-6-11(10)16/h3-6,9H,7-8H2,1-2H3,(H2,18,19,20). The van der Waals surface area contributed by atoms with Crippen molar-refractivity contribution in [1.29, 1.82) is 0 Å². The van der Waals surface area contributed by atoms with Crippen molar-refractivity contribution in [2.75, 3.05) is 5.73 Å². The Hall–Kier alpha value is -0.690. The van der Waals surface area contributed by atoms with E-state index in [1.807, 2.05) is 18.2 Å². The Labute approximate surface area is 141 Å². The SMILES string of the molecule is CC(C)Cc1nc(Cc2ccccc2Br)nc(N)c1I. The summed E-state index contributed by atoms with van der Waals surface area (Å²) < 4.78 is 2.05. The molecule has 0 aliphatic rings. The van der Waals surface area contributed by atoms with Crippen LogP contribution in [0.3, 0.4) is 0 Å². The molecule has 2 N–H and O–H groups in total. The number of hydrogen-bond acceptors (Lipinski definition) is 3. The number of nitrogens with two attached hydrogens (primary N) is 1. The van der Waals surface area contributed by atoms with Crippen molar-refractivity contribution in [1.82, 2.24) is 9.97 Å². The molecule has 0 aliphatic carbocycles. The van der Waals surface area contributed by atoms with Gasteiger partial charge in [0.1, 0.15) is 11.6 Å². The second-order valence-corrected chi connectivity index (χ2v) is 7.08. The molecular formula is C15H17BrIN3. The van der Waals surface area contributed by atoms with Crippen molar-refractivity contribution in [2.24, 2.45) is 5.92 Å². The monoisotopic (exact) mass is 445 g/mol. The van der Waals surface area contributed by atoms with Crippen LogP contribution in [-0.4, -0.2) is 9.97 Å². The van der Waals surface area contributed by atoms with E-state index in [9.17, 15) is 0 Å². The summed E-state index contributed by atoms with van der Waals surface area (Å²) in [6.45, 7) is 4.36. The van der Waals surface area contributed by atoms with E-state index in [1.165, 1.54) is 5.56 Å². The minimum Gasteiger partial charge on any atom is -0.383 e. The zero-order valence-corrected chi connectivity index (χ0v) is 15.3. The Bertz CT molecular complexity index is 614. The summed E-state index contributed by atoms with van der Waals surface area (Å²) in [6, 6.07) is 8.12.